The number of imide groups is 1. The van der Waals surface area contributed by atoms with Gasteiger partial charge in [-0.3, -0.25) is 15.0 Å². The highest BCUT2D eigenvalue weighted by atomic mass is 16.5. The first-order chi connectivity index (χ1) is 13.5. The highest BCUT2D eigenvalue weighted by Gasteiger charge is 2.67. The Morgan fingerprint density at radius 1 is 1.14 bits per heavy atom. The third-order valence-corrected chi connectivity index (χ3v) is 5.07. The maximum atomic E-state index is 13.5. The fourth-order valence-electron chi connectivity index (χ4n) is 3.72. The molecular weight excluding hydrogens is 358 g/mol. The lowest BCUT2D eigenvalue weighted by Gasteiger charge is -2.26. The Kier molecular flexibility index (Phi) is 4.22. The lowest BCUT2D eigenvalue weighted by Crippen LogP contribution is -2.48. The van der Waals surface area contributed by atoms with Crippen molar-refractivity contribution >= 4 is 29.2 Å². The van der Waals surface area contributed by atoms with Crippen molar-refractivity contribution in [3.63, 3.8) is 0 Å². The van der Waals surface area contributed by atoms with E-state index in [1.807, 2.05) is 19.1 Å². The number of nitrogens with zero attached hydrogens (tertiary/aromatic N) is 2. The van der Waals surface area contributed by atoms with Gasteiger partial charge in [-0.25, -0.2) is 9.69 Å². The summed E-state index contributed by atoms with van der Waals surface area (Å²) >= 11 is 0. The van der Waals surface area contributed by atoms with E-state index in [0.29, 0.717) is 11.3 Å². The molecule has 0 aromatic heterocycles. The number of amides is 2. The number of rotatable bonds is 4. The number of nitrogens with one attached hydrogen (secondary N) is 1. The van der Waals surface area contributed by atoms with Crippen LogP contribution in [0.1, 0.15) is 18.1 Å². The van der Waals surface area contributed by atoms with Gasteiger partial charge < -0.3 is 4.74 Å². The highest BCUT2D eigenvalue weighted by molar-refractivity contribution is 6.47. The van der Waals surface area contributed by atoms with Crippen molar-refractivity contribution in [1.29, 1.82) is 0 Å². The quantitative estimate of drug-likeness (QED) is 0.650. The second-order valence-corrected chi connectivity index (χ2v) is 6.75. The van der Waals surface area contributed by atoms with E-state index < -0.39 is 29.2 Å². The second kappa shape index (κ2) is 6.60. The van der Waals surface area contributed by atoms with E-state index in [9.17, 15) is 14.4 Å². The van der Waals surface area contributed by atoms with Crippen LogP contribution in [0.25, 0.3) is 0 Å². The SMILES string of the molecule is CCOC(=O)C1=NN[C@]2(c3ccc(C)cc3)C(=O)N(c3ccccc3)C(=O)[C@H]12. The van der Waals surface area contributed by atoms with Crippen molar-refractivity contribution in [3.8, 4) is 0 Å². The lowest BCUT2D eigenvalue weighted by molar-refractivity contribution is -0.136. The zero-order chi connectivity index (χ0) is 19.9. The summed E-state index contributed by atoms with van der Waals surface area (Å²) in [6, 6.07) is 15.9. The van der Waals surface area contributed by atoms with Gasteiger partial charge in [0.25, 0.3) is 5.91 Å². The van der Waals surface area contributed by atoms with Gasteiger partial charge in [0.05, 0.1) is 12.3 Å². The molecule has 1 fully saturated rings. The molecule has 1 N–H and O–H groups in total. The number of aryl methyl sites for hydroxylation is 1. The summed E-state index contributed by atoms with van der Waals surface area (Å²) in [6.45, 7) is 3.75. The Hall–Kier alpha value is -3.48. The molecule has 1 saturated heterocycles. The molecule has 2 aliphatic rings. The van der Waals surface area contributed by atoms with Gasteiger partial charge in [-0.2, -0.15) is 5.10 Å². The molecule has 2 aromatic rings. The van der Waals surface area contributed by atoms with Gasteiger partial charge >= 0.3 is 5.97 Å². The number of carbonyl (C=O) groups is 3. The van der Waals surface area contributed by atoms with Gasteiger partial charge in [0, 0.05) is 0 Å². The molecule has 0 saturated carbocycles. The Morgan fingerprint density at radius 2 is 1.82 bits per heavy atom. The summed E-state index contributed by atoms with van der Waals surface area (Å²) in [5.74, 6) is -2.78. The summed E-state index contributed by atoms with van der Waals surface area (Å²) in [4.78, 5) is 40.4. The van der Waals surface area contributed by atoms with Crippen LogP contribution in [0.5, 0.6) is 0 Å². The number of hydrogen-bond donors (Lipinski definition) is 1. The van der Waals surface area contributed by atoms with Gasteiger partial charge in [0.1, 0.15) is 5.92 Å². The van der Waals surface area contributed by atoms with Crippen molar-refractivity contribution in [3.05, 3.63) is 65.7 Å². The van der Waals surface area contributed by atoms with Gasteiger partial charge in [0.2, 0.25) is 5.91 Å². The molecule has 4 rings (SSSR count). The Balaban J connectivity index is 1.87. The number of hydrogen-bond acceptors (Lipinski definition) is 6. The molecular formula is C21H19N3O4. The largest absolute Gasteiger partial charge is 0.461 e. The van der Waals surface area contributed by atoms with E-state index in [-0.39, 0.29) is 12.3 Å². The molecule has 7 heteroatoms. The molecule has 2 heterocycles. The van der Waals surface area contributed by atoms with Gasteiger partial charge in [-0.1, -0.05) is 48.0 Å². The lowest BCUT2D eigenvalue weighted by atomic mass is 9.78. The number of benzene rings is 2. The monoisotopic (exact) mass is 377 g/mol. The first-order valence-corrected chi connectivity index (χ1v) is 9.03. The van der Waals surface area contributed by atoms with Crippen LogP contribution in [0.2, 0.25) is 0 Å². The smallest absolute Gasteiger partial charge is 0.355 e. The summed E-state index contributed by atoms with van der Waals surface area (Å²) in [5, 5.41) is 4.06. The van der Waals surface area contributed by atoms with Crippen molar-refractivity contribution < 1.29 is 19.1 Å². The van der Waals surface area contributed by atoms with E-state index in [0.717, 1.165) is 10.5 Å². The summed E-state index contributed by atoms with van der Waals surface area (Å²) < 4.78 is 5.07. The number of esters is 1. The molecule has 7 nitrogen and oxygen atoms in total. The standard InChI is InChI=1S/C21H19N3O4/c1-3-28-19(26)17-16-18(25)24(15-7-5-4-6-8-15)20(27)21(16,23-22-17)14-11-9-13(2)10-12-14/h4-12,16,23H,3H2,1-2H3/t16-,21-/m0/s1. The number of anilines is 1. The van der Waals surface area contributed by atoms with Crippen LogP contribution < -0.4 is 10.3 Å². The third-order valence-electron chi connectivity index (χ3n) is 5.07. The van der Waals surface area contributed by atoms with Gasteiger partial charge in [-0.15, -0.1) is 0 Å². The molecule has 0 radical (unpaired) electrons. The summed E-state index contributed by atoms with van der Waals surface area (Å²) in [6.07, 6.45) is 0. The summed E-state index contributed by atoms with van der Waals surface area (Å²) in [5.41, 5.74) is 3.29. The number of ether oxygens (including phenoxy) is 1. The van der Waals surface area contributed by atoms with Crippen LogP contribution >= 0.6 is 0 Å². The molecule has 2 aromatic carbocycles. The molecule has 2 atom stereocenters. The van der Waals surface area contributed by atoms with Crippen molar-refractivity contribution in [1.82, 2.24) is 5.43 Å². The fourth-order valence-corrected chi connectivity index (χ4v) is 3.72. The molecule has 0 unspecified atom stereocenters. The maximum Gasteiger partial charge on any atom is 0.355 e. The zero-order valence-electron chi connectivity index (χ0n) is 15.5. The minimum absolute atomic E-state index is 0.0841. The van der Waals surface area contributed by atoms with Crippen LogP contribution in [-0.4, -0.2) is 30.1 Å². The number of fused-ring (bicyclic) bond motifs is 1. The fraction of sp³-hybridized carbons (Fsp3) is 0.238. The van der Waals surface area contributed by atoms with Gasteiger partial charge in [0.15, 0.2) is 11.3 Å². The van der Waals surface area contributed by atoms with Crippen LogP contribution in [0.3, 0.4) is 0 Å². The van der Waals surface area contributed by atoms with Crippen molar-refractivity contribution in [2.24, 2.45) is 11.0 Å². The third kappa shape index (κ3) is 2.43. The van der Waals surface area contributed by atoms with Crippen LogP contribution in [-0.2, 0) is 24.7 Å². The minimum atomic E-state index is -1.47. The zero-order valence-corrected chi connectivity index (χ0v) is 15.5. The number of para-hydroxylation sites is 1. The van der Waals surface area contributed by atoms with Crippen molar-refractivity contribution in [2.75, 3.05) is 11.5 Å². The maximum absolute atomic E-state index is 13.5. The Bertz CT molecular complexity index is 984. The van der Waals surface area contributed by atoms with E-state index in [4.69, 9.17) is 4.74 Å². The average Bonchev–Trinajstić information content (AvgIpc) is 3.20. The topological polar surface area (TPSA) is 88.1 Å². The Labute approximate surface area is 162 Å². The van der Waals surface area contributed by atoms with Crippen LogP contribution in [0, 0.1) is 12.8 Å². The molecule has 2 aliphatic heterocycles. The highest BCUT2D eigenvalue weighted by Crippen LogP contribution is 2.45. The minimum Gasteiger partial charge on any atom is -0.461 e. The number of carbonyl (C=O) groups excluding carboxylic acids is 3. The van der Waals surface area contributed by atoms with Crippen molar-refractivity contribution in [2.45, 2.75) is 19.4 Å². The molecule has 0 aliphatic carbocycles. The molecule has 0 bridgehead atoms. The predicted molar refractivity (Wildman–Crippen MR) is 102 cm³/mol. The van der Waals surface area contributed by atoms with Crippen LogP contribution in [0.4, 0.5) is 5.69 Å². The second-order valence-electron chi connectivity index (χ2n) is 6.75. The Morgan fingerprint density at radius 3 is 2.46 bits per heavy atom. The first-order valence-electron chi connectivity index (χ1n) is 9.03. The normalized spacial score (nSPS) is 23.3. The molecule has 0 spiro atoms. The molecule has 2 amide bonds. The molecule has 142 valence electrons. The number of hydrazone groups is 1. The van der Waals surface area contributed by atoms with Crippen LogP contribution in [0.15, 0.2) is 59.7 Å². The van der Waals surface area contributed by atoms with Gasteiger partial charge in [-0.05, 0) is 31.5 Å². The van der Waals surface area contributed by atoms with E-state index in [1.54, 1.807) is 49.4 Å². The van der Waals surface area contributed by atoms with E-state index in [2.05, 4.69) is 10.5 Å². The summed E-state index contributed by atoms with van der Waals surface area (Å²) in [7, 11) is 0. The van der Waals surface area contributed by atoms with E-state index in [1.165, 1.54) is 0 Å². The predicted octanol–water partition coefficient (Wildman–Crippen LogP) is 1.90. The van der Waals surface area contributed by atoms with E-state index >= 15 is 0 Å². The molecule has 28 heavy (non-hydrogen) atoms. The average molecular weight is 377 g/mol. The first kappa shape index (κ1) is 17.9.